The molecule has 0 radical (unpaired) electrons. The lowest BCUT2D eigenvalue weighted by molar-refractivity contribution is -0.143. The van der Waals surface area contributed by atoms with Crippen molar-refractivity contribution in [3.05, 3.63) is 53.4 Å². The number of benzene rings is 1. The maximum absolute atomic E-state index is 13.8. The summed E-state index contributed by atoms with van der Waals surface area (Å²) >= 11 is 0. The Labute approximate surface area is 126 Å². The van der Waals surface area contributed by atoms with Crippen LogP contribution < -0.4 is 0 Å². The summed E-state index contributed by atoms with van der Waals surface area (Å²) in [5.41, 5.74) is 0.763. The number of aromatic nitrogens is 2. The van der Waals surface area contributed by atoms with Crippen LogP contribution in [0.3, 0.4) is 0 Å². The van der Waals surface area contributed by atoms with Crippen LogP contribution >= 0.6 is 0 Å². The molecule has 1 heterocycles. The van der Waals surface area contributed by atoms with E-state index in [1.807, 2.05) is 6.20 Å². The van der Waals surface area contributed by atoms with Crippen LogP contribution in [0.1, 0.15) is 17.2 Å². The molecule has 2 rings (SSSR count). The molecule has 1 aromatic heterocycles. The molecule has 0 amide bonds. The van der Waals surface area contributed by atoms with E-state index in [4.69, 9.17) is 0 Å². The molecule has 1 atom stereocenters. The molecule has 0 fully saturated rings. The third-order valence-electron chi connectivity index (χ3n) is 3.44. The Morgan fingerprint density at radius 2 is 2.18 bits per heavy atom. The average Bonchev–Trinajstić information content (AvgIpc) is 2.86. The van der Waals surface area contributed by atoms with Crippen LogP contribution in [0, 0.1) is 11.6 Å². The molecule has 0 aliphatic carbocycles. The van der Waals surface area contributed by atoms with Crippen molar-refractivity contribution in [1.29, 1.82) is 0 Å². The number of halogens is 2. The molecular formula is C15H17F2N3O2. The van der Waals surface area contributed by atoms with Gasteiger partial charge in [-0.05, 0) is 37.2 Å². The monoisotopic (exact) mass is 309 g/mol. The molecule has 1 aromatic carbocycles. The first-order chi connectivity index (χ1) is 10.4. The van der Waals surface area contributed by atoms with E-state index in [-0.39, 0.29) is 5.56 Å². The summed E-state index contributed by atoms with van der Waals surface area (Å²) in [4.78, 5) is 13.0. The first-order valence-electron chi connectivity index (χ1n) is 6.74. The van der Waals surface area contributed by atoms with Crippen molar-refractivity contribution < 1.29 is 18.7 Å². The van der Waals surface area contributed by atoms with Crippen molar-refractivity contribution in [1.82, 2.24) is 14.7 Å². The number of carbonyl (C=O) groups is 1. The van der Waals surface area contributed by atoms with Gasteiger partial charge in [0, 0.05) is 25.4 Å². The Hall–Kier alpha value is -2.28. The highest BCUT2D eigenvalue weighted by Crippen LogP contribution is 2.24. The van der Waals surface area contributed by atoms with E-state index >= 15 is 0 Å². The minimum absolute atomic E-state index is 0.179. The number of likely N-dealkylation sites (N-methyl/N-ethyl adjacent to an activating group) is 1. The first-order valence-corrected chi connectivity index (χ1v) is 6.74. The predicted octanol–water partition coefficient (Wildman–Crippen LogP) is 2.00. The number of nitrogens with zero attached hydrogens (tertiary/aromatic N) is 3. The zero-order valence-corrected chi connectivity index (χ0v) is 12.3. The van der Waals surface area contributed by atoms with Gasteiger partial charge in [0.15, 0.2) is 0 Å². The van der Waals surface area contributed by atoms with Gasteiger partial charge in [-0.3, -0.25) is 14.4 Å². The highest BCUT2D eigenvalue weighted by Gasteiger charge is 2.27. The van der Waals surface area contributed by atoms with Gasteiger partial charge in [0.2, 0.25) is 0 Å². The van der Waals surface area contributed by atoms with E-state index in [0.29, 0.717) is 13.0 Å². The second-order valence-electron chi connectivity index (χ2n) is 5.16. The van der Waals surface area contributed by atoms with Gasteiger partial charge < -0.3 is 5.11 Å². The van der Waals surface area contributed by atoms with Crippen molar-refractivity contribution in [2.24, 2.45) is 7.05 Å². The highest BCUT2D eigenvalue weighted by atomic mass is 19.1. The van der Waals surface area contributed by atoms with Gasteiger partial charge in [-0.15, -0.1) is 0 Å². The molecule has 7 heteroatoms. The van der Waals surface area contributed by atoms with E-state index in [2.05, 4.69) is 5.10 Å². The molecule has 5 nitrogen and oxygen atoms in total. The van der Waals surface area contributed by atoms with E-state index in [0.717, 1.165) is 23.8 Å². The fourth-order valence-corrected chi connectivity index (χ4v) is 2.32. The number of carboxylic acids is 1. The predicted molar refractivity (Wildman–Crippen MR) is 76.3 cm³/mol. The minimum atomic E-state index is -1.24. The Morgan fingerprint density at radius 3 is 2.77 bits per heavy atom. The number of aliphatic carboxylic acids is 1. The zero-order chi connectivity index (χ0) is 16.3. The molecule has 2 aromatic rings. The molecule has 0 spiro atoms. The maximum atomic E-state index is 13.8. The summed E-state index contributed by atoms with van der Waals surface area (Å²) in [6.45, 7) is 0.374. The lowest BCUT2D eigenvalue weighted by Gasteiger charge is -2.25. The van der Waals surface area contributed by atoms with Crippen LogP contribution in [0.15, 0.2) is 30.6 Å². The van der Waals surface area contributed by atoms with Crippen LogP contribution in [0.4, 0.5) is 8.78 Å². The molecule has 0 bridgehead atoms. The summed E-state index contributed by atoms with van der Waals surface area (Å²) < 4.78 is 28.8. The van der Waals surface area contributed by atoms with Crippen molar-refractivity contribution in [3.63, 3.8) is 0 Å². The fraction of sp³-hybridized carbons (Fsp3) is 0.333. The molecule has 118 valence electrons. The zero-order valence-electron chi connectivity index (χ0n) is 12.3. The van der Waals surface area contributed by atoms with Gasteiger partial charge in [0.25, 0.3) is 0 Å². The molecule has 0 unspecified atom stereocenters. The number of rotatable bonds is 6. The second kappa shape index (κ2) is 6.65. The summed E-state index contributed by atoms with van der Waals surface area (Å²) in [5, 5.41) is 13.4. The van der Waals surface area contributed by atoms with E-state index in [9.17, 15) is 18.7 Å². The highest BCUT2D eigenvalue weighted by molar-refractivity contribution is 5.75. The lowest BCUT2D eigenvalue weighted by atomic mass is 10.0. The molecule has 1 N–H and O–H groups in total. The summed E-state index contributed by atoms with van der Waals surface area (Å²) in [6.07, 6.45) is 4.07. The van der Waals surface area contributed by atoms with Gasteiger partial charge in [0.1, 0.15) is 17.7 Å². The Balaban J connectivity index is 2.16. The lowest BCUT2D eigenvalue weighted by Crippen LogP contribution is -2.33. The molecule has 0 saturated carbocycles. The molecule has 0 aliphatic heterocycles. The average molecular weight is 309 g/mol. The van der Waals surface area contributed by atoms with Crippen LogP contribution in [-0.4, -0.2) is 39.3 Å². The minimum Gasteiger partial charge on any atom is -0.480 e. The van der Waals surface area contributed by atoms with Gasteiger partial charge in [-0.1, -0.05) is 0 Å². The standard InChI is InChI=1S/C15H17F2N3O2/c1-19(6-5-10-8-18-20(2)9-10)14(15(21)22)12-7-11(16)3-4-13(12)17/h3-4,7-9,14H,5-6H2,1-2H3,(H,21,22)/t14-/m1/s1. The SMILES string of the molecule is CN(CCc1cnn(C)c1)[C@@H](C(=O)O)c1cc(F)ccc1F. The largest absolute Gasteiger partial charge is 0.480 e. The molecule has 22 heavy (non-hydrogen) atoms. The van der Waals surface area contributed by atoms with Gasteiger partial charge >= 0.3 is 5.97 Å². The fourth-order valence-electron chi connectivity index (χ4n) is 2.32. The van der Waals surface area contributed by atoms with Crippen LogP contribution in [-0.2, 0) is 18.3 Å². The van der Waals surface area contributed by atoms with Gasteiger partial charge in [-0.2, -0.15) is 5.10 Å². The maximum Gasteiger partial charge on any atom is 0.325 e. The van der Waals surface area contributed by atoms with E-state index in [1.54, 1.807) is 25.0 Å². The van der Waals surface area contributed by atoms with Crippen LogP contribution in [0.2, 0.25) is 0 Å². The van der Waals surface area contributed by atoms with E-state index in [1.165, 1.54) is 4.90 Å². The van der Waals surface area contributed by atoms with Crippen LogP contribution in [0.25, 0.3) is 0 Å². The molecular weight excluding hydrogens is 292 g/mol. The summed E-state index contributed by atoms with van der Waals surface area (Å²) in [7, 11) is 3.36. The second-order valence-corrected chi connectivity index (χ2v) is 5.16. The summed E-state index contributed by atoms with van der Waals surface area (Å²) in [5.74, 6) is -2.62. The van der Waals surface area contributed by atoms with Crippen molar-refractivity contribution in [2.45, 2.75) is 12.5 Å². The number of hydrogen-bond donors (Lipinski definition) is 1. The van der Waals surface area contributed by atoms with Gasteiger partial charge in [-0.25, -0.2) is 8.78 Å². The first kappa shape index (κ1) is 16.1. The Kier molecular flexibility index (Phi) is 4.87. The van der Waals surface area contributed by atoms with Gasteiger partial charge in [0.05, 0.1) is 6.20 Å². The summed E-state index contributed by atoms with van der Waals surface area (Å²) in [6, 6.07) is 1.59. The quantitative estimate of drug-likeness (QED) is 0.886. The smallest absolute Gasteiger partial charge is 0.325 e. The Morgan fingerprint density at radius 1 is 1.45 bits per heavy atom. The van der Waals surface area contributed by atoms with Crippen molar-refractivity contribution in [3.8, 4) is 0 Å². The normalized spacial score (nSPS) is 12.6. The topological polar surface area (TPSA) is 58.4 Å². The van der Waals surface area contributed by atoms with Crippen molar-refractivity contribution in [2.75, 3.05) is 13.6 Å². The van der Waals surface area contributed by atoms with Crippen molar-refractivity contribution >= 4 is 5.97 Å². The third kappa shape index (κ3) is 3.67. The molecule has 0 aliphatic rings. The Bertz CT molecular complexity index is 673. The number of aryl methyl sites for hydroxylation is 1. The molecule has 0 saturated heterocycles. The number of hydrogen-bond acceptors (Lipinski definition) is 3. The van der Waals surface area contributed by atoms with E-state index < -0.39 is 23.6 Å². The van der Waals surface area contributed by atoms with Crippen LogP contribution in [0.5, 0.6) is 0 Å². The third-order valence-corrected chi connectivity index (χ3v) is 3.44. The number of carboxylic acid groups (broad SMARTS) is 1.